The number of carbonyl (C=O) groups excluding carboxylic acids is 1. The normalized spacial score (nSPS) is 20.9. The van der Waals surface area contributed by atoms with E-state index in [9.17, 15) is 4.79 Å². The van der Waals surface area contributed by atoms with Gasteiger partial charge in [-0.2, -0.15) is 0 Å². The lowest BCUT2D eigenvalue weighted by molar-refractivity contribution is 0.218. The molecule has 2 amide bonds. The molecule has 5 nitrogen and oxygen atoms in total. The highest BCUT2D eigenvalue weighted by atomic mass is 16.2. The zero-order valence-electron chi connectivity index (χ0n) is 13.8. The van der Waals surface area contributed by atoms with E-state index in [4.69, 9.17) is 0 Å². The molecular formula is C18H26N4O. The Balaban J connectivity index is 1.47. The molecule has 2 saturated heterocycles. The molecule has 124 valence electrons. The Morgan fingerprint density at radius 2 is 1.70 bits per heavy atom. The second kappa shape index (κ2) is 6.30. The lowest BCUT2D eigenvalue weighted by atomic mass is 10.1. The van der Waals surface area contributed by atoms with Gasteiger partial charge in [0.1, 0.15) is 0 Å². The smallest absolute Gasteiger partial charge is 0.317 e. The van der Waals surface area contributed by atoms with Gasteiger partial charge in [0.15, 0.2) is 0 Å². The Hall–Kier alpha value is -1.91. The van der Waals surface area contributed by atoms with Crippen molar-refractivity contribution in [2.24, 2.45) is 0 Å². The molecule has 0 aromatic heterocycles. The number of fused-ring (bicyclic) bond motifs is 1. The van der Waals surface area contributed by atoms with Gasteiger partial charge in [-0.1, -0.05) is 6.07 Å². The molecule has 3 heterocycles. The van der Waals surface area contributed by atoms with Gasteiger partial charge in [0.25, 0.3) is 0 Å². The number of anilines is 2. The summed E-state index contributed by atoms with van der Waals surface area (Å²) < 4.78 is 0. The van der Waals surface area contributed by atoms with Crippen LogP contribution in [0.2, 0.25) is 0 Å². The number of nitrogens with zero attached hydrogens (tertiary/aromatic N) is 3. The monoisotopic (exact) mass is 314 g/mol. The molecule has 0 spiro atoms. The highest BCUT2D eigenvalue weighted by Crippen LogP contribution is 2.36. The topological polar surface area (TPSA) is 38.8 Å². The van der Waals surface area contributed by atoms with Crippen LogP contribution < -0.4 is 15.1 Å². The second-order valence-corrected chi connectivity index (χ2v) is 6.78. The predicted molar refractivity (Wildman–Crippen MR) is 93.4 cm³/mol. The standard InChI is InChI=1S/C18H26N4O/c23-18-19-8-12-22(18)14-13-21-11-7-15-16(5-4-6-17(15)21)20-9-2-1-3-10-20/h4-6H,1-3,7-14H2,(H,19,23). The molecule has 2 fully saturated rings. The summed E-state index contributed by atoms with van der Waals surface area (Å²) in [7, 11) is 0. The van der Waals surface area contributed by atoms with Crippen LogP contribution in [0.25, 0.3) is 0 Å². The number of benzene rings is 1. The van der Waals surface area contributed by atoms with Crippen LogP contribution in [0.1, 0.15) is 24.8 Å². The average Bonchev–Trinajstić information content (AvgIpc) is 3.19. The summed E-state index contributed by atoms with van der Waals surface area (Å²) >= 11 is 0. The molecule has 23 heavy (non-hydrogen) atoms. The fourth-order valence-corrected chi connectivity index (χ4v) is 4.11. The molecule has 0 unspecified atom stereocenters. The van der Waals surface area contributed by atoms with Crippen molar-refractivity contribution < 1.29 is 4.79 Å². The van der Waals surface area contributed by atoms with Crippen LogP contribution in [0.3, 0.4) is 0 Å². The minimum Gasteiger partial charge on any atom is -0.371 e. The average molecular weight is 314 g/mol. The third kappa shape index (κ3) is 2.84. The first kappa shape index (κ1) is 14.7. The number of amides is 2. The summed E-state index contributed by atoms with van der Waals surface area (Å²) in [6.07, 6.45) is 5.14. The number of hydrogen-bond acceptors (Lipinski definition) is 3. The van der Waals surface area contributed by atoms with E-state index in [0.717, 1.165) is 39.1 Å². The number of piperidine rings is 1. The van der Waals surface area contributed by atoms with Crippen LogP contribution in [0.5, 0.6) is 0 Å². The van der Waals surface area contributed by atoms with Gasteiger partial charge in [-0.3, -0.25) is 0 Å². The molecule has 1 aromatic rings. The molecular weight excluding hydrogens is 288 g/mol. The molecule has 0 radical (unpaired) electrons. The van der Waals surface area contributed by atoms with E-state index in [1.807, 2.05) is 4.90 Å². The third-order valence-corrected chi connectivity index (χ3v) is 5.38. The maximum absolute atomic E-state index is 11.7. The first-order chi connectivity index (χ1) is 11.3. The molecule has 3 aliphatic rings. The van der Waals surface area contributed by atoms with Gasteiger partial charge in [-0.05, 0) is 37.8 Å². The van der Waals surface area contributed by atoms with E-state index in [-0.39, 0.29) is 6.03 Å². The van der Waals surface area contributed by atoms with E-state index in [1.54, 1.807) is 0 Å². The zero-order chi connectivity index (χ0) is 15.6. The molecule has 4 rings (SSSR count). The molecule has 1 aromatic carbocycles. The number of nitrogens with one attached hydrogen (secondary N) is 1. The predicted octanol–water partition coefficient (Wildman–Crippen LogP) is 2.06. The van der Waals surface area contributed by atoms with Crippen molar-refractivity contribution in [1.29, 1.82) is 0 Å². The molecule has 5 heteroatoms. The van der Waals surface area contributed by atoms with Crippen molar-refractivity contribution >= 4 is 17.4 Å². The quantitative estimate of drug-likeness (QED) is 0.925. The van der Waals surface area contributed by atoms with Crippen LogP contribution in [0, 0.1) is 0 Å². The fraction of sp³-hybridized carbons (Fsp3) is 0.611. The maximum atomic E-state index is 11.7. The number of hydrogen-bond donors (Lipinski definition) is 1. The van der Waals surface area contributed by atoms with E-state index in [0.29, 0.717) is 0 Å². The number of urea groups is 1. The van der Waals surface area contributed by atoms with Gasteiger partial charge in [0, 0.05) is 62.8 Å². The van der Waals surface area contributed by atoms with Gasteiger partial charge in [-0.25, -0.2) is 4.79 Å². The van der Waals surface area contributed by atoms with Crippen LogP contribution in [-0.4, -0.2) is 56.7 Å². The summed E-state index contributed by atoms with van der Waals surface area (Å²) in [5.74, 6) is 0. The van der Waals surface area contributed by atoms with Gasteiger partial charge in [0.2, 0.25) is 0 Å². The van der Waals surface area contributed by atoms with Crippen molar-refractivity contribution in [3.8, 4) is 0 Å². The maximum Gasteiger partial charge on any atom is 0.317 e. The van der Waals surface area contributed by atoms with Gasteiger partial charge in [-0.15, -0.1) is 0 Å². The Bertz CT molecular complexity index is 582. The Kier molecular flexibility index (Phi) is 4.02. The number of rotatable bonds is 4. The molecule has 0 aliphatic carbocycles. The SMILES string of the molecule is O=C1NCCN1CCN1CCc2c(N3CCCCC3)cccc21. The van der Waals surface area contributed by atoms with Gasteiger partial charge < -0.3 is 20.0 Å². The van der Waals surface area contributed by atoms with Crippen molar-refractivity contribution in [3.05, 3.63) is 23.8 Å². The van der Waals surface area contributed by atoms with Crippen molar-refractivity contribution in [1.82, 2.24) is 10.2 Å². The summed E-state index contributed by atoms with van der Waals surface area (Å²) in [6, 6.07) is 6.83. The summed E-state index contributed by atoms with van der Waals surface area (Å²) in [5, 5.41) is 2.88. The largest absolute Gasteiger partial charge is 0.371 e. The molecule has 0 saturated carbocycles. The van der Waals surface area contributed by atoms with E-state index < -0.39 is 0 Å². The second-order valence-electron chi connectivity index (χ2n) is 6.78. The van der Waals surface area contributed by atoms with Crippen molar-refractivity contribution in [2.75, 3.05) is 55.6 Å². The first-order valence-electron chi connectivity index (χ1n) is 8.97. The Morgan fingerprint density at radius 3 is 2.48 bits per heavy atom. The molecule has 0 bridgehead atoms. The molecule has 0 atom stereocenters. The lowest BCUT2D eigenvalue weighted by Gasteiger charge is -2.31. The fourth-order valence-electron chi connectivity index (χ4n) is 4.11. The van der Waals surface area contributed by atoms with Crippen LogP contribution >= 0.6 is 0 Å². The van der Waals surface area contributed by atoms with Gasteiger partial charge >= 0.3 is 6.03 Å². The molecule has 1 N–H and O–H groups in total. The zero-order valence-corrected chi connectivity index (χ0v) is 13.8. The van der Waals surface area contributed by atoms with Gasteiger partial charge in [0.05, 0.1) is 0 Å². The van der Waals surface area contributed by atoms with E-state index in [1.165, 1.54) is 49.3 Å². The Morgan fingerprint density at radius 1 is 0.913 bits per heavy atom. The van der Waals surface area contributed by atoms with Crippen LogP contribution in [0.4, 0.5) is 16.2 Å². The third-order valence-electron chi connectivity index (χ3n) is 5.38. The van der Waals surface area contributed by atoms with Crippen molar-refractivity contribution in [3.63, 3.8) is 0 Å². The highest BCUT2D eigenvalue weighted by Gasteiger charge is 2.26. The van der Waals surface area contributed by atoms with Crippen molar-refractivity contribution in [2.45, 2.75) is 25.7 Å². The summed E-state index contributed by atoms with van der Waals surface area (Å²) in [5.41, 5.74) is 4.34. The Labute approximate surface area is 138 Å². The summed E-state index contributed by atoms with van der Waals surface area (Å²) in [4.78, 5) is 18.6. The lowest BCUT2D eigenvalue weighted by Crippen LogP contribution is -2.36. The van der Waals surface area contributed by atoms with Crippen LogP contribution in [-0.2, 0) is 6.42 Å². The molecule has 3 aliphatic heterocycles. The summed E-state index contributed by atoms with van der Waals surface area (Å²) in [6.45, 7) is 6.86. The number of carbonyl (C=O) groups is 1. The van der Waals surface area contributed by atoms with E-state index in [2.05, 4.69) is 33.3 Å². The van der Waals surface area contributed by atoms with E-state index >= 15 is 0 Å². The minimum absolute atomic E-state index is 0.0893. The highest BCUT2D eigenvalue weighted by molar-refractivity contribution is 5.76. The van der Waals surface area contributed by atoms with Crippen LogP contribution in [0.15, 0.2) is 18.2 Å². The minimum atomic E-state index is 0.0893. The first-order valence-corrected chi connectivity index (χ1v) is 8.97.